The van der Waals surface area contributed by atoms with Crippen molar-refractivity contribution < 1.29 is 4.79 Å². The molecule has 0 unspecified atom stereocenters. The van der Waals surface area contributed by atoms with Gasteiger partial charge in [-0.3, -0.25) is 4.79 Å². The molecule has 1 aromatic carbocycles. The highest BCUT2D eigenvalue weighted by molar-refractivity contribution is 5.73. The van der Waals surface area contributed by atoms with Crippen molar-refractivity contribution in [3.05, 3.63) is 36.4 Å². The molecule has 0 radical (unpaired) electrons. The average molecular weight is 365 g/mol. The highest BCUT2D eigenvalue weighted by Crippen LogP contribution is 2.26. The molecule has 2 fully saturated rings. The van der Waals surface area contributed by atoms with Crippen LogP contribution in [0.1, 0.15) is 32.6 Å². The van der Waals surface area contributed by atoms with Crippen LogP contribution in [0.4, 0.5) is 11.8 Å². The van der Waals surface area contributed by atoms with Gasteiger partial charge in [0.2, 0.25) is 11.9 Å². The zero-order valence-corrected chi connectivity index (χ0v) is 15.9. The lowest BCUT2D eigenvalue weighted by Gasteiger charge is -2.35. The largest absolute Gasteiger partial charge is 0.353 e. The molecule has 4 rings (SSSR count). The van der Waals surface area contributed by atoms with E-state index in [0.717, 1.165) is 43.3 Å². The second-order valence-corrected chi connectivity index (χ2v) is 7.42. The maximum absolute atomic E-state index is 11.6. The molecule has 2 aliphatic rings. The Hall–Kier alpha value is -2.63. The standard InChI is InChI=1S/C21H27N5O/c1-16(27)25-11-13-26(14-12-25)20-15-19(17-7-3-2-4-8-17)23-21(24-20)22-18-9-5-6-10-18/h2-4,7-8,15,18H,5-6,9-14H2,1H3,(H,22,23,24). The third-order valence-electron chi connectivity index (χ3n) is 5.52. The molecule has 6 nitrogen and oxygen atoms in total. The minimum absolute atomic E-state index is 0.144. The SMILES string of the molecule is CC(=O)N1CCN(c2cc(-c3ccccc3)nc(NC3CCCC3)n2)CC1. The number of piperazine rings is 1. The van der Waals surface area contributed by atoms with Gasteiger partial charge in [0.05, 0.1) is 5.69 Å². The van der Waals surface area contributed by atoms with E-state index in [1.54, 1.807) is 6.92 Å². The number of rotatable bonds is 4. The minimum Gasteiger partial charge on any atom is -0.353 e. The number of benzene rings is 1. The van der Waals surface area contributed by atoms with E-state index < -0.39 is 0 Å². The van der Waals surface area contributed by atoms with Crippen LogP contribution in [0.15, 0.2) is 36.4 Å². The first kappa shape index (κ1) is 17.8. The van der Waals surface area contributed by atoms with Gasteiger partial charge in [-0.05, 0) is 12.8 Å². The van der Waals surface area contributed by atoms with Gasteiger partial charge in [0.25, 0.3) is 0 Å². The van der Waals surface area contributed by atoms with Crippen LogP contribution in [-0.4, -0.2) is 53.0 Å². The lowest BCUT2D eigenvalue weighted by Crippen LogP contribution is -2.48. The van der Waals surface area contributed by atoms with Crippen molar-refractivity contribution in [3.8, 4) is 11.3 Å². The van der Waals surface area contributed by atoms with E-state index in [1.807, 2.05) is 23.1 Å². The fourth-order valence-electron chi connectivity index (χ4n) is 3.92. The summed E-state index contributed by atoms with van der Waals surface area (Å²) >= 11 is 0. The first-order valence-corrected chi connectivity index (χ1v) is 9.90. The van der Waals surface area contributed by atoms with Gasteiger partial charge >= 0.3 is 0 Å². The third kappa shape index (κ3) is 4.21. The molecule has 1 saturated heterocycles. The number of aromatic nitrogens is 2. The Morgan fingerprint density at radius 3 is 2.41 bits per heavy atom. The van der Waals surface area contributed by atoms with Gasteiger partial charge < -0.3 is 15.1 Å². The van der Waals surface area contributed by atoms with Crippen LogP contribution >= 0.6 is 0 Å². The van der Waals surface area contributed by atoms with Crippen molar-refractivity contribution >= 4 is 17.7 Å². The van der Waals surface area contributed by atoms with Crippen molar-refractivity contribution in [3.63, 3.8) is 0 Å². The topological polar surface area (TPSA) is 61.4 Å². The van der Waals surface area contributed by atoms with E-state index in [9.17, 15) is 4.79 Å². The van der Waals surface area contributed by atoms with Crippen LogP contribution in [-0.2, 0) is 4.79 Å². The Labute approximate surface area is 160 Å². The Morgan fingerprint density at radius 2 is 1.74 bits per heavy atom. The quantitative estimate of drug-likeness (QED) is 0.902. The summed E-state index contributed by atoms with van der Waals surface area (Å²) in [4.78, 5) is 25.4. The second kappa shape index (κ2) is 7.94. The molecule has 1 saturated carbocycles. The van der Waals surface area contributed by atoms with Crippen LogP contribution in [0.5, 0.6) is 0 Å². The first-order chi connectivity index (χ1) is 13.2. The monoisotopic (exact) mass is 365 g/mol. The van der Waals surface area contributed by atoms with Gasteiger partial charge in [0.1, 0.15) is 5.82 Å². The zero-order chi connectivity index (χ0) is 18.6. The molecule has 2 aromatic rings. The summed E-state index contributed by atoms with van der Waals surface area (Å²) in [6.07, 6.45) is 4.92. The Morgan fingerprint density at radius 1 is 1.04 bits per heavy atom. The Kier molecular flexibility index (Phi) is 5.23. The van der Waals surface area contributed by atoms with Gasteiger partial charge in [0, 0.05) is 50.8 Å². The molecule has 0 atom stereocenters. The van der Waals surface area contributed by atoms with Gasteiger partial charge in [-0.15, -0.1) is 0 Å². The number of carbonyl (C=O) groups excluding carboxylic acids is 1. The number of nitrogens with one attached hydrogen (secondary N) is 1. The highest BCUT2D eigenvalue weighted by atomic mass is 16.2. The summed E-state index contributed by atoms with van der Waals surface area (Å²) in [5.74, 6) is 1.80. The third-order valence-corrected chi connectivity index (χ3v) is 5.52. The molecule has 1 aliphatic heterocycles. The molecule has 2 heterocycles. The van der Waals surface area contributed by atoms with Crippen LogP contribution in [0.2, 0.25) is 0 Å². The number of carbonyl (C=O) groups is 1. The van der Waals surface area contributed by atoms with Gasteiger partial charge in [-0.2, -0.15) is 4.98 Å². The normalized spacial score (nSPS) is 18.0. The number of nitrogens with zero attached hydrogens (tertiary/aromatic N) is 4. The number of hydrogen-bond acceptors (Lipinski definition) is 5. The van der Waals surface area contributed by atoms with Gasteiger partial charge in [-0.25, -0.2) is 4.98 Å². The van der Waals surface area contributed by atoms with Crippen molar-refractivity contribution in [2.45, 2.75) is 38.6 Å². The molecule has 142 valence electrons. The predicted molar refractivity (Wildman–Crippen MR) is 108 cm³/mol. The van der Waals surface area contributed by atoms with E-state index in [-0.39, 0.29) is 5.91 Å². The molecule has 1 aliphatic carbocycles. The van der Waals surface area contributed by atoms with E-state index >= 15 is 0 Å². The zero-order valence-electron chi connectivity index (χ0n) is 15.9. The summed E-state index contributed by atoms with van der Waals surface area (Å²) < 4.78 is 0. The lowest BCUT2D eigenvalue weighted by molar-refractivity contribution is -0.129. The Balaban J connectivity index is 1.60. The van der Waals surface area contributed by atoms with Crippen molar-refractivity contribution in [1.82, 2.24) is 14.9 Å². The van der Waals surface area contributed by atoms with Crippen LogP contribution in [0, 0.1) is 0 Å². The van der Waals surface area contributed by atoms with E-state index in [1.165, 1.54) is 25.7 Å². The van der Waals surface area contributed by atoms with Crippen molar-refractivity contribution in [2.24, 2.45) is 0 Å². The maximum atomic E-state index is 11.6. The number of amides is 1. The molecule has 1 aromatic heterocycles. The second-order valence-electron chi connectivity index (χ2n) is 7.42. The summed E-state index contributed by atoms with van der Waals surface area (Å²) in [6.45, 7) is 4.72. The molecular formula is C21H27N5O. The minimum atomic E-state index is 0.144. The Bertz CT molecular complexity index is 780. The molecule has 0 spiro atoms. The van der Waals surface area contributed by atoms with Crippen LogP contribution in [0.25, 0.3) is 11.3 Å². The smallest absolute Gasteiger partial charge is 0.225 e. The fourth-order valence-corrected chi connectivity index (χ4v) is 3.92. The molecule has 6 heteroatoms. The number of anilines is 2. The summed E-state index contributed by atoms with van der Waals surface area (Å²) in [7, 11) is 0. The first-order valence-electron chi connectivity index (χ1n) is 9.90. The van der Waals surface area contributed by atoms with Crippen LogP contribution in [0.3, 0.4) is 0 Å². The molecule has 0 bridgehead atoms. The van der Waals surface area contributed by atoms with E-state index in [4.69, 9.17) is 9.97 Å². The molecule has 1 amide bonds. The van der Waals surface area contributed by atoms with E-state index in [0.29, 0.717) is 12.0 Å². The fraction of sp³-hybridized carbons (Fsp3) is 0.476. The molecule has 1 N–H and O–H groups in total. The maximum Gasteiger partial charge on any atom is 0.225 e. The molecular weight excluding hydrogens is 338 g/mol. The predicted octanol–water partition coefficient (Wildman–Crippen LogP) is 3.17. The van der Waals surface area contributed by atoms with Gasteiger partial charge in [-0.1, -0.05) is 43.2 Å². The van der Waals surface area contributed by atoms with Crippen molar-refractivity contribution in [2.75, 3.05) is 36.4 Å². The number of hydrogen-bond donors (Lipinski definition) is 1. The molecule has 27 heavy (non-hydrogen) atoms. The van der Waals surface area contributed by atoms with E-state index in [2.05, 4.69) is 28.4 Å². The van der Waals surface area contributed by atoms with Gasteiger partial charge in [0.15, 0.2) is 0 Å². The van der Waals surface area contributed by atoms with Crippen molar-refractivity contribution in [1.29, 1.82) is 0 Å². The summed E-state index contributed by atoms with van der Waals surface area (Å²) in [5, 5.41) is 3.54. The summed E-state index contributed by atoms with van der Waals surface area (Å²) in [6, 6.07) is 12.8. The van der Waals surface area contributed by atoms with Crippen LogP contribution < -0.4 is 10.2 Å². The highest BCUT2D eigenvalue weighted by Gasteiger charge is 2.22. The lowest BCUT2D eigenvalue weighted by atomic mass is 10.1. The summed E-state index contributed by atoms with van der Waals surface area (Å²) in [5.41, 5.74) is 2.04. The average Bonchev–Trinajstić information content (AvgIpc) is 3.21.